The lowest BCUT2D eigenvalue weighted by Crippen LogP contribution is -2.38. The molecule has 102 valence electrons. The Balaban J connectivity index is 2.21. The molecule has 0 aliphatic rings. The lowest BCUT2D eigenvalue weighted by atomic mass is 10.00. The Bertz CT molecular complexity index is 515. The fraction of sp³-hybridized carbons (Fsp3) is 0.125. The summed E-state index contributed by atoms with van der Waals surface area (Å²) in [7, 11) is 0. The van der Waals surface area contributed by atoms with Gasteiger partial charge in [-0.3, -0.25) is 4.98 Å². The molecule has 0 unspecified atom stereocenters. The standard InChI is InChI=1S/C16H17N3S/c1-2-10-18-16(20)19-15(13-6-4-3-5-7-13)14-8-11-17-12-9-14/h2-9,11-12,15H,1,10H2,(H2,18,19,20)/t15-/m1/s1. The molecule has 1 atom stereocenters. The third-order valence-electron chi connectivity index (χ3n) is 2.85. The first kappa shape index (κ1) is 14.2. The SMILES string of the molecule is C=CCNC(=S)N[C@H](c1ccccc1)c1ccncc1. The van der Waals surface area contributed by atoms with E-state index in [1.807, 2.05) is 30.3 Å². The molecule has 0 saturated heterocycles. The Morgan fingerprint density at radius 1 is 1.15 bits per heavy atom. The minimum Gasteiger partial charge on any atom is -0.359 e. The van der Waals surface area contributed by atoms with Gasteiger partial charge >= 0.3 is 0 Å². The molecular formula is C16H17N3S. The number of benzene rings is 1. The molecule has 0 amide bonds. The summed E-state index contributed by atoms with van der Waals surface area (Å²) in [6, 6.07) is 14.2. The number of rotatable bonds is 5. The maximum absolute atomic E-state index is 5.31. The van der Waals surface area contributed by atoms with Crippen molar-refractivity contribution >= 4 is 17.3 Å². The molecule has 2 rings (SSSR count). The lowest BCUT2D eigenvalue weighted by Gasteiger charge is -2.21. The van der Waals surface area contributed by atoms with E-state index >= 15 is 0 Å². The minimum absolute atomic E-state index is 0.00372. The molecule has 0 aliphatic carbocycles. The zero-order chi connectivity index (χ0) is 14.2. The molecule has 4 heteroatoms. The molecule has 3 nitrogen and oxygen atoms in total. The third-order valence-corrected chi connectivity index (χ3v) is 3.12. The highest BCUT2D eigenvalue weighted by Crippen LogP contribution is 2.21. The van der Waals surface area contributed by atoms with Crippen molar-refractivity contribution in [1.82, 2.24) is 15.6 Å². The zero-order valence-corrected chi connectivity index (χ0v) is 11.9. The number of hydrogen-bond donors (Lipinski definition) is 2. The largest absolute Gasteiger partial charge is 0.359 e. The van der Waals surface area contributed by atoms with E-state index in [-0.39, 0.29) is 6.04 Å². The van der Waals surface area contributed by atoms with Gasteiger partial charge in [-0.1, -0.05) is 36.4 Å². The van der Waals surface area contributed by atoms with Crippen LogP contribution in [0.1, 0.15) is 17.2 Å². The molecule has 20 heavy (non-hydrogen) atoms. The number of nitrogens with one attached hydrogen (secondary N) is 2. The lowest BCUT2D eigenvalue weighted by molar-refractivity contribution is 0.745. The molecule has 2 N–H and O–H groups in total. The molecule has 0 saturated carbocycles. The van der Waals surface area contributed by atoms with Gasteiger partial charge in [0.2, 0.25) is 0 Å². The van der Waals surface area contributed by atoms with Crippen LogP contribution in [0.25, 0.3) is 0 Å². The molecule has 0 aliphatic heterocycles. The van der Waals surface area contributed by atoms with E-state index in [2.05, 4.69) is 34.3 Å². The van der Waals surface area contributed by atoms with Gasteiger partial charge in [0, 0.05) is 18.9 Å². The van der Waals surface area contributed by atoms with Crippen LogP contribution < -0.4 is 10.6 Å². The van der Waals surface area contributed by atoms with Crippen molar-refractivity contribution in [2.75, 3.05) is 6.54 Å². The summed E-state index contributed by atoms with van der Waals surface area (Å²) in [6.07, 6.45) is 5.35. The van der Waals surface area contributed by atoms with Crippen LogP contribution in [0.15, 0.2) is 67.5 Å². The number of nitrogens with zero attached hydrogens (tertiary/aromatic N) is 1. The molecule has 0 bridgehead atoms. The van der Waals surface area contributed by atoms with E-state index in [0.29, 0.717) is 11.7 Å². The average Bonchev–Trinajstić information content (AvgIpc) is 2.52. The molecule has 0 radical (unpaired) electrons. The first-order valence-corrected chi connectivity index (χ1v) is 6.82. The number of hydrogen-bond acceptors (Lipinski definition) is 2. The van der Waals surface area contributed by atoms with Crippen molar-refractivity contribution in [2.24, 2.45) is 0 Å². The van der Waals surface area contributed by atoms with E-state index in [9.17, 15) is 0 Å². The van der Waals surface area contributed by atoms with Crippen LogP contribution in [0.2, 0.25) is 0 Å². The van der Waals surface area contributed by atoms with Gasteiger partial charge in [0.1, 0.15) is 0 Å². The predicted molar refractivity (Wildman–Crippen MR) is 86.5 cm³/mol. The van der Waals surface area contributed by atoms with Gasteiger partial charge < -0.3 is 10.6 Å². The summed E-state index contributed by atoms with van der Waals surface area (Å²) >= 11 is 5.31. The maximum Gasteiger partial charge on any atom is 0.167 e. The highest BCUT2D eigenvalue weighted by atomic mass is 32.1. The van der Waals surface area contributed by atoms with E-state index in [4.69, 9.17) is 12.2 Å². The zero-order valence-electron chi connectivity index (χ0n) is 11.1. The van der Waals surface area contributed by atoms with Crippen molar-refractivity contribution in [3.63, 3.8) is 0 Å². The van der Waals surface area contributed by atoms with Crippen LogP contribution >= 0.6 is 12.2 Å². The second-order valence-corrected chi connectivity index (χ2v) is 4.68. The molecule has 1 aromatic carbocycles. The Labute approximate surface area is 124 Å². The molecule has 1 heterocycles. The van der Waals surface area contributed by atoms with Gasteiger partial charge in [0.25, 0.3) is 0 Å². The van der Waals surface area contributed by atoms with Crippen LogP contribution in [-0.4, -0.2) is 16.6 Å². The molecule has 2 aromatic rings. The first-order chi connectivity index (χ1) is 9.81. The Morgan fingerprint density at radius 3 is 2.45 bits per heavy atom. The normalized spacial score (nSPS) is 11.4. The topological polar surface area (TPSA) is 37.0 Å². The average molecular weight is 283 g/mol. The summed E-state index contributed by atoms with van der Waals surface area (Å²) in [4.78, 5) is 4.06. The third kappa shape index (κ3) is 3.90. The summed E-state index contributed by atoms with van der Waals surface area (Å²) in [5.74, 6) is 0. The number of pyridine rings is 1. The maximum atomic E-state index is 5.31. The van der Waals surface area contributed by atoms with Crippen LogP contribution in [-0.2, 0) is 0 Å². The second-order valence-electron chi connectivity index (χ2n) is 4.27. The van der Waals surface area contributed by atoms with Crippen molar-refractivity contribution in [2.45, 2.75) is 6.04 Å². The van der Waals surface area contributed by atoms with Crippen molar-refractivity contribution in [3.8, 4) is 0 Å². The number of aromatic nitrogens is 1. The van der Waals surface area contributed by atoms with E-state index in [0.717, 1.165) is 11.1 Å². The summed E-state index contributed by atoms with van der Waals surface area (Å²) in [6.45, 7) is 4.31. The molecule has 0 spiro atoms. The Morgan fingerprint density at radius 2 is 1.80 bits per heavy atom. The minimum atomic E-state index is 0.00372. The monoisotopic (exact) mass is 283 g/mol. The second kappa shape index (κ2) is 7.40. The first-order valence-electron chi connectivity index (χ1n) is 6.41. The van der Waals surface area contributed by atoms with Crippen LogP contribution in [0.5, 0.6) is 0 Å². The van der Waals surface area contributed by atoms with Crippen LogP contribution in [0, 0.1) is 0 Å². The van der Waals surface area contributed by atoms with E-state index in [1.54, 1.807) is 18.5 Å². The van der Waals surface area contributed by atoms with Crippen LogP contribution in [0.3, 0.4) is 0 Å². The van der Waals surface area contributed by atoms with Crippen molar-refractivity contribution in [1.29, 1.82) is 0 Å². The smallest absolute Gasteiger partial charge is 0.167 e. The summed E-state index contributed by atoms with van der Waals surface area (Å²) < 4.78 is 0. The predicted octanol–water partition coefficient (Wildman–Crippen LogP) is 2.82. The number of thiocarbonyl (C=S) groups is 1. The van der Waals surface area contributed by atoms with Crippen LogP contribution in [0.4, 0.5) is 0 Å². The van der Waals surface area contributed by atoms with E-state index < -0.39 is 0 Å². The fourth-order valence-corrected chi connectivity index (χ4v) is 2.11. The summed E-state index contributed by atoms with van der Waals surface area (Å²) in [5.41, 5.74) is 2.27. The highest BCUT2D eigenvalue weighted by molar-refractivity contribution is 7.80. The van der Waals surface area contributed by atoms with Gasteiger partial charge in [-0.25, -0.2) is 0 Å². The van der Waals surface area contributed by atoms with E-state index in [1.165, 1.54) is 0 Å². The molecular weight excluding hydrogens is 266 g/mol. The Hall–Kier alpha value is -2.20. The summed E-state index contributed by atoms with van der Waals surface area (Å²) in [5, 5.41) is 7.03. The molecule has 0 fully saturated rings. The highest BCUT2D eigenvalue weighted by Gasteiger charge is 2.14. The van der Waals surface area contributed by atoms with Crippen molar-refractivity contribution in [3.05, 3.63) is 78.6 Å². The van der Waals surface area contributed by atoms with Crippen molar-refractivity contribution < 1.29 is 0 Å². The molecule has 1 aromatic heterocycles. The van der Waals surface area contributed by atoms with Gasteiger partial charge in [0.15, 0.2) is 5.11 Å². The fourth-order valence-electron chi connectivity index (χ4n) is 1.91. The van der Waals surface area contributed by atoms with Gasteiger partial charge in [-0.15, -0.1) is 6.58 Å². The van der Waals surface area contributed by atoms with Gasteiger partial charge in [-0.2, -0.15) is 0 Å². The van der Waals surface area contributed by atoms with Gasteiger partial charge in [0.05, 0.1) is 6.04 Å². The quantitative estimate of drug-likeness (QED) is 0.653. The Kier molecular flexibility index (Phi) is 5.26. The van der Waals surface area contributed by atoms with Gasteiger partial charge in [-0.05, 0) is 35.5 Å².